The van der Waals surface area contributed by atoms with Crippen molar-refractivity contribution in [2.75, 3.05) is 17.4 Å². The van der Waals surface area contributed by atoms with Crippen LogP contribution in [-0.2, 0) is 0 Å². The molecule has 1 unspecified atom stereocenters. The van der Waals surface area contributed by atoms with Crippen LogP contribution in [-0.4, -0.2) is 17.4 Å². The van der Waals surface area contributed by atoms with Crippen molar-refractivity contribution < 1.29 is 0 Å². The van der Waals surface area contributed by atoms with Crippen LogP contribution < -0.4 is 0 Å². The van der Waals surface area contributed by atoms with E-state index in [1.54, 1.807) is 0 Å². The Morgan fingerprint density at radius 1 is 1.38 bits per heavy atom. The minimum Gasteiger partial charge on any atom is -0.162 e. The van der Waals surface area contributed by atoms with Crippen molar-refractivity contribution in [2.24, 2.45) is 0 Å². The first-order valence-corrected chi connectivity index (χ1v) is 8.16. The molecule has 1 aromatic rings. The molecule has 0 aliphatic rings. The lowest BCUT2D eigenvalue weighted by atomic mass is 9.96. The summed E-state index contributed by atoms with van der Waals surface area (Å²) in [7, 11) is 0. The monoisotopic (exact) mass is 320 g/mol. The van der Waals surface area contributed by atoms with Gasteiger partial charge in [0.25, 0.3) is 0 Å². The van der Waals surface area contributed by atoms with Gasteiger partial charge in [0, 0.05) is 10.4 Å². The molecule has 90 valence electrons. The van der Waals surface area contributed by atoms with E-state index >= 15 is 0 Å². The van der Waals surface area contributed by atoms with Crippen molar-refractivity contribution in [1.29, 1.82) is 0 Å². The van der Waals surface area contributed by atoms with Crippen LogP contribution in [0.1, 0.15) is 31.2 Å². The number of benzene rings is 1. The van der Waals surface area contributed by atoms with Crippen LogP contribution in [0.15, 0.2) is 28.7 Å². The van der Waals surface area contributed by atoms with E-state index < -0.39 is 0 Å². The first-order chi connectivity index (χ1) is 7.79. The summed E-state index contributed by atoms with van der Waals surface area (Å²) < 4.78 is 1.18. The van der Waals surface area contributed by atoms with Gasteiger partial charge in [-0.1, -0.05) is 41.1 Å². The molecule has 0 radical (unpaired) electrons. The zero-order valence-electron chi connectivity index (χ0n) is 9.59. The summed E-state index contributed by atoms with van der Waals surface area (Å²) in [6, 6.07) is 8.39. The Morgan fingerprint density at radius 3 is 2.75 bits per heavy atom. The Labute approximate surface area is 116 Å². The maximum atomic E-state index is 6.06. The fourth-order valence-electron chi connectivity index (χ4n) is 1.70. The van der Waals surface area contributed by atoms with Crippen LogP contribution >= 0.6 is 39.3 Å². The molecule has 0 aliphatic carbocycles. The molecule has 1 aromatic carbocycles. The van der Waals surface area contributed by atoms with Crippen molar-refractivity contribution >= 4 is 39.3 Å². The predicted molar refractivity (Wildman–Crippen MR) is 79.8 cm³/mol. The van der Waals surface area contributed by atoms with E-state index in [2.05, 4.69) is 41.1 Å². The van der Waals surface area contributed by atoms with Gasteiger partial charge in [0.2, 0.25) is 0 Å². The van der Waals surface area contributed by atoms with Crippen molar-refractivity contribution in [2.45, 2.75) is 25.7 Å². The van der Waals surface area contributed by atoms with Gasteiger partial charge in [-0.15, -0.1) is 11.6 Å². The van der Waals surface area contributed by atoms with Crippen LogP contribution in [0.3, 0.4) is 0 Å². The van der Waals surface area contributed by atoms with Crippen LogP contribution in [0.2, 0.25) is 0 Å². The zero-order valence-corrected chi connectivity index (χ0v) is 12.7. The van der Waals surface area contributed by atoms with Crippen LogP contribution in [0.25, 0.3) is 0 Å². The van der Waals surface area contributed by atoms with Gasteiger partial charge in [-0.2, -0.15) is 11.8 Å². The second-order valence-electron chi connectivity index (χ2n) is 3.71. The minimum absolute atomic E-state index is 0.481. The predicted octanol–water partition coefficient (Wildman–Crippen LogP) is 5.30. The van der Waals surface area contributed by atoms with Crippen LogP contribution in [0, 0.1) is 0 Å². The Bertz CT molecular complexity index is 304. The minimum atomic E-state index is 0.481. The standard InChI is InChI=1S/C13H18BrClS/c1-2-16-9-5-6-11(10-15)12-7-3-4-8-13(12)14/h3-4,7-8,11H,2,5-6,9-10H2,1H3. The molecular weight excluding hydrogens is 304 g/mol. The van der Waals surface area contributed by atoms with Crippen molar-refractivity contribution in [3.05, 3.63) is 34.3 Å². The van der Waals surface area contributed by atoms with Gasteiger partial charge < -0.3 is 0 Å². The highest BCUT2D eigenvalue weighted by Crippen LogP contribution is 2.29. The zero-order chi connectivity index (χ0) is 11.8. The number of thioether (sulfide) groups is 1. The Morgan fingerprint density at radius 2 is 2.12 bits per heavy atom. The first-order valence-electron chi connectivity index (χ1n) is 5.67. The SMILES string of the molecule is CCSCCCC(CCl)c1ccccc1Br. The smallest absolute Gasteiger partial charge is 0.0292 e. The topological polar surface area (TPSA) is 0 Å². The highest BCUT2D eigenvalue weighted by molar-refractivity contribution is 9.10. The molecule has 0 spiro atoms. The fourth-order valence-corrected chi connectivity index (χ4v) is 3.29. The summed E-state index contributed by atoms with van der Waals surface area (Å²) in [5.41, 5.74) is 1.35. The summed E-state index contributed by atoms with van der Waals surface area (Å²) in [4.78, 5) is 0. The average molecular weight is 322 g/mol. The lowest BCUT2D eigenvalue weighted by Gasteiger charge is -2.15. The molecule has 0 heterocycles. The third-order valence-corrected chi connectivity index (χ3v) is 4.66. The molecule has 0 N–H and O–H groups in total. The highest BCUT2D eigenvalue weighted by atomic mass is 79.9. The Kier molecular flexibility index (Phi) is 7.59. The second-order valence-corrected chi connectivity index (χ2v) is 6.27. The number of alkyl halides is 1. The lowest BCUT2D eigenvalue weighted by molar-refractivity contribution is 0.672. The molecular formula is C13H18BrClS. The number of hydrogen-bond donors (Lipinski definition) is 0. The lowest BCUT2D eigenvalue weighted by Crippen LogP contribution is -2.02. The maximum Gasteiger partial charge on any atom is 0.0292 e. The summed E-state index contributed by atoms with van der Waals surface area (Å²) in [5.74, 6) is 3.64. The second kappa shape index (κ2) is 8.43. The number of rotatable bonds is 7. The number of halogens is 2. The van der Waals surface area contributed by atoms with Gasteiger partial charge in [-0.3, -0.25) is 0 Å². The molecule has 0 fully saturated rings. The van der Waals surface area contributed by atoms with E-state index in [1.165, 1.54) is 34.4 Å². The largest absolute Gasteiger partial charge is 0.162 e. The number of hydrogen-bond acceptors (Lipinski definition) is 1. The van der Waals surface area contributed by atoms with E-state index in [0.717, 1.165) is 0 Å². The molecule has 0 saturated carbocycles. The van der Waals surface area contributed by atoms with Crippen LogP contribution in [0.5, 0.6) is 0 Å². The van der Waals surface area contributed by atoms with Gasteiger partial charge in [-0.05, 0) is 41.9 Å². The fraction of sp³-hybridized carbons (Fsp3) is 0.538. The molecule has 3 heteroatoms. The van der Waals surface area contributed by atoms with E-state index in [-0.39, 0.29) is 0 Å². The third kappa shape index (κ3) is 4.68. The third-order valence-electron chi connectivity index (χ3n) is 2.58. The molecule has 0 aliphatic heterocycles. The van der Waals surface area contributed by atoms with Gasteiger partial charge in [0.05, 0.1) is 0 Å². The molecule has 16 heavy (non-hydrogen) atoms. The molecule has 0 bridgehead atoms. The maximum absolute atomic E-state index is 6.06. The molecule has 0 saturated heterocycles. The molecule has 1 rings (SSSR count). The quantitative estimate of drug-likeness (QED) is 0.485. The van der Waals surface area contributed by atoms with Crippen molar-refractivity contribution in [3.8, 4) is 0 Å². The van der Waals surface area contributed by atoms with Crippen molar-refractivity contribution in [1.82, 2.24) is 0 Å². The van der Waals surface area contributed by atoms with Crippen LogP contribution in [0.4, 0.5) is 0 Å². The normalized spacial score (nSPS) is 12.7. The van der Waals surface area contributed by atoms with E-state index in [9.17, 15) is 0 Å². The summed E-state index contributed by atoms with van der Waals surface area (Å²) in [6.45, 7) is 2.21. The van der Waals surface area contributed by atoms with E-state index in [4.69, 9.17) is 11.6 Å². The molecule has 0 nitrogen and oxygen atoms in total. The summed E-state index contributed by atoms with van der Waals surface area (Å²) in [5, 5.41) is 0. The first kappa shape index (κ1) is 14.4. The van der Waals surface area contributed by atoms with Gasteiger partial charge in [-0.25, -0.2) is 0 Å². The van der Waals surface area contributed by atoms with Gasteiger partial charge >= 0.3 is 0 Å². The van der Waals surface area contributed by atoms with Crippen molar-refractivity contribution in [3.63, 3.8) is 0 Å². The Balaban J connectivity index is 2.51. The molecule has 0 amide bonds. The van der Waals surface area contributed by atoms with Gasteiger partial charge in [0.1, 0.15) is 0 Å². The Hall–Kier alpha value is 0.340. The molecule has 0 aromatic heterocycles. The summed E-state index contributed by atoms with van der Waals surface area (Å²) in [6.07, 6.45) is 2.43. The molecule has 1 atom stereocenters. The van der Waals surface area contributed by atoms with E-state index in [1.807, 2.05) is 17.8 Å². The summed E-state index contributed by atoms with van der Waals surface area (Å²) >= 11 is 11.7. The highest BCUT2D eigenvalue weighted by Gasteiger charge is 2.12. The van der Waals surface area contributed by atoms with Gasteiger partial charge in [0.15, 0.2) is 0 Å². The van der Waals surface area contributed by atoms with E-state index in [0.29, 0.717) is 11.8 Å². The average Bonchev–Trinajstić information content (AvgIpc) is 2.31.